The molecule has 0 aliphatic heterocycles. The first-order valence-corrected chi connectivity index (χ1v) is 13.9. The van der Waals surface area contributed by atoms with Gasteiger partial charge in [-0.05, 0) is 36.2 Å². The zero-order valence-corrected chi connectivity index (χ0v) is 23.3. The first kappa shape index (κ1) is 26.0. The van der Waals surface area contributed by atoms with Gasteiger partial charge < -0.3 is 0 Å². The van der Waals surface area contributed by atoms with Gasteiger partial charge in [0.05, 0.1) is 23.8 Å². The molecule has 0 unspecified atom stereocenters. The van der Waals surface area contributed by atoms with E-state index in [1.54, 1.807) is 37.2 Å². The smallest absolute Gasteiger partial charge is 0.164 e. The third-order valence-corrected chi connectivity index (χ3v) is 7.10. The predicted octanol–water partition coefficient (Wildman–Crippen LogP) is 7.76. The number of hydrogen-bond acceptors (Lipinski definition) is 7. The second-order valence-electron chi connectivity index (χ2n) is 10.1. The van der Waals surface area contributed by atoms with E-state index >= 15 is 0 Å². The maximum Gasteiger partial charge on any atom is 0.164 e. The van der Waals surface area contributed by atoms with E-state index in [1.807, 2.05) is 60.7 Å². The molecule has 0 N–H and O–H groups in total. The highest BCUT2D eigenvalue weighted by molar-refractivity contribution is 5.75. The largest absolute Gasteiger partial charge is 0.261 e. The van der Waals surface area contributed by atoms with Crippen LogP contribution in [0.2, 0.25) is 0 Å². The first-order valence-electron chi connectivity index (χ1n) is 13.9. The summed E-state index contributed by atoms with van der Waals surface area (Å²) in [5.74, 6) is 1.72. The normalized spacial score (nSPS) is 10.9. The Balaban J connectivity index is 1.37. The average molecular weight is 556 g/mol. The predicted molar refractivity (Wildman–Crippen MR) is 168 cm³/mol. The second-order valence-corrected chi connectivity index (χ2v) is 10.1. The Hall–Kier alpha value is -5.95. The molecule has 4 aromatic carbocycles. The fourth-order valence-electron chi connectivity index (χ4n) is 4.88. The molecular weight excluding hydrogens is 530 g/mol. The molecule has 0 amide bonds. The molecule has 0 aliphatic carbocycles. The molecular formula is C36H25N7. The van der Waals surface area contributed by atoms with E-state index < -0.39 is 0 Å². The molecule has 7 heteroatoms. The molecule has 7 rings (SSSR count). The van der Waals surface area contributed by atoms with Crippen molar-refractivity contribution in [3.8, 4) is 67.8 Å². The van der Waals surface area contributed by atoms with Crippen LogP contribution in [0, 0.1) is 6.92 Å². The fraction of sp³-hybridized carbons (Fsp3) is 0.0278. The Labute approximate surface area is 249 Å². The molecule has 0 aliphatic rings. The Morgan fingerprint density at radius 1 is 0.395 bits per heavy atom. The van der Waals surface area contributed by atoms with Crippen LogP contribution >= 0.6 is 0 Å². The number of aryl methyl sites for hydroxylation is 1. The fourth-order valence-corrected chi connectivity index (χ4v) is 4.88. The number of hydrogen-bond donors (Lipinski definition) is 0. The minimum absolute atomic E-state index is 0.566. The van der Waals surface area contributed by atoms with Gasteiger partial charge >= 0.3 is 0 Å². The number of rotatable bonds is 6. The van der Waals surface area contributed by atoms with E-state index in [4.69, 9.17) is 15.0 Å². The molecule has 3 aromatic heterocycles. The topological polar surface area (TPSA) is 90.2 Å². The lowest BCUT2D eigenvalue weighted by Crippen LogP contribution is -2.01. The molecule has 0 saturated heterocycles. The van der Waals surface area contributed by atoms with Gasteiger partial charge in [-0.3, -0.25) is 19.9 Å². The molecule has 0 radical (unpaired) electrons. The summed E-state index contributed by atoms with van der Waals surface area (Å²) in [5.41, 5.74) is 9.48. The summed E-state index contributed by atoms with van der Waals surface area (Å²) in [5, 5.41) is 0. The van der Waals surface area contributed by atoms with Crippen LogP contribution in [0.4, 0.5) is 0 Å². The summed E-state index contributed by atoms with van der Waals surface area (Å²) in [6, 6.07) is 32.9. The van der Waals surface area contributed by atoms with Gasteiger partial charge in [-0.15, -0.1) is 0 Å². The zero-order valence-electron chi connectivity index (χ0n) is 23.3. The van der Waals surface area contributed by atoms with E-state index in [0.717, 1.165) is 50.3 Å². The molecule has 43 heavy (non-hydrogen) atoms. The summed E-state index contributed by atoms with van der Waals surface area (Å²) in [6.45, 7) is 2.09. The monoisotopic (exact) mass is 555 g/mol. The molecule has 3 heterocycles. The maximum atomic E-state index is 4.98. The van der Waals surface area contributed by atoms with Crippen LogP contribution in [0.5, 0.6) is 0 Å². The molecule has 204 valence electrons. The molecule has 7 aromatic rings. The number of aromatic nitrogens is 7. The highest BCUT2D eigenvalue weighted by Gasteiger charge is 2.15. The Bertz CT molecular complexity index is 1930. The molecule has 0 saturated carbocycles. The van der Waals surface area contributed by atoms with Crippen molar-refractivity contribution in [2.24, 2.45) is 0 Å². The van der Waals surface area contributed by atoms with Gasteiger partial charge in [-0.2, -0.15) is 0 Å². The lowest BCUT2D eigenvalue weighted by Gasteiger charge is -2.11. The minimum Gasteiger partial charge on any atom is -0.261 e. The quantitative estimate of drug-likeness (QED) is 0.207. The van der Waals surface area contributed by atoms with Gasteiger partial charge in [0, 0.05) is 52.6 Å². The third kappa shape index (κ3) is 5.64. The van der Waals surface area contributed by atoms with Crippen LogP contribution in [-0.4, -0.2) is 34.9 Å². The van der Waals surface area contributed by atoms with Crippen molar-refractivity contribution in [1.82, 2.24) is 34.9 Å². The van der Waals surface area contributed by atoms with Crippen LogP contribution in [0.25, 0.3) is 67.8 Å². The van der Waals surface area contributed by atoms with Crippen molar-refractivity contribution < 1.29 is 0 Å². The number of benzene rings is 4. The summed E-state index contributed by atoms with van der Waals surface area (Å²) < 4.78 is 0. The van der Waals surface area contributed by atoms with Gasteiger partial charge in [-0.25, -0.2) is 15.0 Å². The summed E-state index contributed by atoms with van der Waals surface area (Å²) >= 11 is 0. The molecule has 0 atom stereocenters. The van der Waals surface area contributed by atoms with Crippen molar-refractivity contribution in [3.05, 3.63) is 140 Å². The van der Waals surface area contributed by atoms with Gasteiger partial charge in [0.25, 0.3) is 0 Å². The van der Waals surface area contributed by atoms with Gasteiger partial charge in [-0.1, -0.05) is 84.4 Å². The Kier molecular flexibility index (Phi) is 6.95. The zero-order chi connectivity index (χ0) is 29.0. The highest BCUT2D eigenvalue weighted by Crippen LogP contribution is 2.30. The Morgan fingerprint density at radius 3 is 1.26 bits per heavy atom. The van der Waals surface area contributed by atoms with Crippen molar-refractivity contribution in [3.63, 3.8) is 0 Å². The van der Waals surface area contributed by atoms with E-state index in [2.05, 4.69) is 63.3 Å². The van der Waals surface area contributed by atoms with Crippen molar-refractivity contribution in [1.29, 1.82) is 0 Å². The van der Waals surface area contributed by atoms with Crippen LogP contribution in [0.15, 0.2) is 134 Å². The van der Waals surface area contributed by atoms with Crippen molar-refractivity contribution in [2.75, 3.05) is 0 Å². The van der Waals surface area contributed by atoms with Crippen LogP contribution < -0.4 is 0 Å². The van der Waals surface area contributed by atoms with Gasteiger partial charge in [0.1, 0.15) is 0 Å². The summed E-state index contributed by atoms with van der Waals surface area (Å²) in [4.78, 5) is 32.3. The molecule has 0 bridgehead atoms. The molecule has 0 fully saturated rings. The van der Waals surface area contributed by atoms with Gasteiger partial charge in [0.2, 0.25) is 0 Å². The van der Waals surface area contributed by atoms with Crippen LogP contribution in [0.1, 0.15) is 5.56 Å². The average Bonchev–Trinajstić information content (AvgIpc) is 3.09. The summed E-state index contributed by atoms with van der Waals surface area (Å²) in [7, 11) is 0. The summed E-state index contributed by atoms with van der Waals surface area (Å²) in [6.07, 6.45) is 10.2. The first-order chi connectivity index (χ1) is 21.2. The lowest BCUT2D eigenvalue weighted by atomic mass is 10.0. The van der Waals surface area contributed by atoms with Crippen LogP contribution in [-0.2, 0) is 0 Å². The van der Waals surface area contributed by atoms with E-state index in [0.29, 0.717) is 17.5 Å². The maximum absolute atomic E-state index is 4.98. The van der Waals surface area contributed by atoms with E-state index in [-0.39, 0.29) is 0 Å². The second kappa shape index (κ2) is 11.5. The molecule has 7 nitrogen and oxygen atoms in total. The lowest BCUT2D eigenvalue weighted by molar-refractivity contribution is 1.07. The molecule has 0 spiro atoms. The van der Waals surface area contributed by atoms with E-state index in [1.165, 1.54) is 5.56 Å². The van der Waals surface area contributed by atoms with Crippen molar-refractivity contribution in [2.45, 2.75) is 6.92 Å². The highest BCUT2D eigenvalue weighted by atomic mass is 15.0. The minimum atomic E-state index is 0.566. The van der Waals surface area contributed by atoms with Gasteiger partial charge in [0.15, 0.2) is 17.5 Å². The van der Waals surface area contributed by atoms with Crippen LogP contribution in [0.3, 0.4) is 0 Å². The third-order valence-electron chi connectivity index (χ3n) is 7.10. The standard InChI is InChI=1S/C36H25N7/c1-24-11-13-25(14-12-24)26-5-2-8-29(19-26)34-41-35(30-9-3-6-27(20-30)32-22-37-15-17-39-32)43-36(42-34)31-10-4-7-28(21-31)33-23-38-16-18-40-33/h2-23H,1H3. The Morgan fingerprint density at radius 2 is 0.814 bits per heavy atom. The van der Waals surface area contributed by atoms with E-state index in [9.17, 15) is 0 Å². The number of nitrogens with zero attached hydrogens (tertiary/aromatic N) is 7. The van der Waals surface area contributed by atoms with Crippen molar-refractivity contribution >= 4 is 0 Å². The SMILES string of the molecule is Cc1ccc(-c2cccc(-c3nc(-c4cccc(-c5cnccn5)c4)nc(-c4cccc(-c5cnccn5)c4)n3)c2)cc1.